The molecule has 1 saturated heterocycles. The molecule has 1 aliphatic rings. The second kappa shape index (κ2) is 12.6. The molecule has 1 atom stereocenters. The molecule has 0 bridgehead atoms. The van der Waals surface area contributed by atoms with Crippen molar-refractivity contribution in [3.8, 4) is 17.6 Å². The minimum absolute atomic E-state index is 0.000467. The smallest absolute Gasteiger partial charge is 0.303 e. The standard InChI is InChI=1S/C30H29F5N2O3/c1-40-21-4-5-27-23(15-21)29(19(17-31)18-36-27)24(33)6-7-30(16-28(38)39)8-11-37(12-9-30)10-2-3-22-25(34)13-20(32)14-26(22)35/h4-5,13-15,18,24H,6-12,16-17H2,1H3,(H,38,39). The molecule has 0 amide bonds. The van der Waals surface area contributed by atoms with E-state index in [2.05, 4.69) is 16.8 Å². The number of halogens is 5. The van der Waals surface area contributed by atoms with Gasteiger partial charge in [-0.05, 0) is 62.4 Å². The number of hydrogen-bond acceptors (Lipinski definition) is 4. The van der Waals surface area contributed by atoms with E-state index in [-0.39, 0.29) is 36.9 Å². The number of piperidine rings is 1. The molecule has 1 fully saturated rings. The van der Waals surface area contributed by atoms with E-state index in [1.165, 1.54) is 13.3 Å². The lowest BCUT2D eigenvalue weighted by Crippen LogP contribution is -2.41. The molecule has 3 aromatic rings. The monoisotopic (exact) mass is 560 g/mol. The summed E-state index contributed by atoms with van der Waals surface area (Å²) in [4.78, 5) is 17.9. The molecular formula is C30H29F5N2O3. The molecular weight excluding hydrogens is 531 g/mol. The van der Waals surface area contributed by atoms with Crippen molar-refractivity contribution in [1.82, 2.24) is 9.88 Å². The number of pyridine rings is 1. The van der Waals surface area contributed by atoms with Crippen LogP contribution in [0.3, 0.4) is 0 Å². The van der Waals surface area contributed by atoms with Crippen LogP contribution in [-0.4, -0.2) is 47.7 Å². The third-order valence-electron chi connectivity index (χ3n) is 7.55. The molecule has 2 heterocycles. The molecule has 40 heavy (non-hydrogen) atoms. The minimum atomic E-state index is -1.54. The zero-order valence-electron chi connectivity index (χ0n) is 22.0. The Kier molecular flexibility index (Phi) is 9.25. The number of aromatic nitrogens is 1. The van der Waals surface area contributed by atoms with Gasteiger partial charge < -0.3 is 9.84 Å². The summed E-state index contributed by atoms with van der Waals surface area (Å²) in [6.45, 7) is 0.199. The van der Waals surface area contributed by atoms with Crippen LogP contribution in [0.2, 0.25) is 0 Å². The van der Waals surface area contributed by atoms with Gasteiger partial charge in [0.25, 0.3) is 0 Å². The number of alkyl halides is 2. The number of likely N-dealkylation sites (tertiary alicyclic amines) is 1. The number of ether oxygens (including phenoxy) is 1. The molecule has 0 saturated carbocycles. The minimum Gasteiger partial charge on any atom is -0.497 e. The number of carboxylic acid groups (broad SMARTS) is 1. The topological polar surface area (TPSA) is 62.7 Å². The van der Waals surface area contributed by atoms with Crippen LogP contribution in [0.15, 0.2) is 36.5 Å². The van der Waals surface area contributed by atoms with Crippen molar-refractivity contribution in [3.05, 3.63) is 70.7 Å². The molecule has 0 spiro atoms. The Balaban J connectivity index is 1.46. The Bertz CT molecular complexity index is 1420. The fraction of sp³-hybridized carbons (Fsp3) is 0.400. The summed E-state index contributed by atoms with van der Waals surface area (Å²) in [5.74, 6) is 1.40. The highest BCUT2D eigenvalue weighted by atomic mass is 19.2. The van der Waals surface area contributed by atoms with Gasteiger partial charge >= 0.3 is 5.97 Å². The summed E-state index contributed by atoms with van der Waals surface area (Å²) in [6, 6.07) is 6.12. The molecule has 4 rings (SSSR count). The SMILES string of the molecule is COc1ccc2ncc(CF)c(C(F)CCC3(CC(=O)O)CCN(CC#Cc4c(F)cc(F)cc4F)CC3)c2c1. The van der Waals surface area contributed by atoms with E-state index in [1.807, 2.05) is 4.90 Å². The van der Waals surface area contributed by atoms with E-state index >= 15 is 4.39 Å². The van der Waals surface area contributed by atoms with Gasteiger partial charge in [-0.3, -0.25) is 14.7 Å². The van der Waals surface area contributed by atoms with E-state index in [4.69, 9.17) is 4.74 Å². The molecule has 212 valence electrons. The lowest BCUT2D eigenvalue weighted by molar-refractivity contribution is -0.141. The van der Waals surface area contributed by atoms with Gasteiger partial charge in [0, 0.05) is 34.8 Å². The van der Waals surface area contributed by atoms with Crippen LogP contribution in [0.4, 0.5) is 22.0 Å². The van der Waals surface area contributed by atoms with E-state index in [0.29, 0.717) is 54.7 Å². The zero-order valence-corrected chi connectivity index (χ0v) is 22.0. The number of carbonyl (C=O) groups is 1. The predicted octanol–water partition coefficient (Wildman–Crippen LogP) is 6.53. The van der Waals surface area contributed by atoms with E-state index in [0.717, 1.165) is 0 Å². The third kappa shape index (κ3) is 6.70. The first-order chi connectivity index (χ1) is 19.1. The maximum absolute atomic E-state index is 15.8. The molecule has 1 N–H and O–H groups in total. The average Bonchev–Trinajstić information content (AvgIpc) is 2.92. The fourth-order valence-corrected chi connectivity index (χ4v) is 5.34. The molecule has 10 heteroatoms. The van der Waals surface area contributed by atoms with Crippen molar-refractivity contribution >= 4 is 16.9 Å². The molecule has 2 aromatic carbocycles. The number of aliphatic carboxylic acids is 1. The number of methoxy groups -OCH3 is 1. The summed E-state index contributed by atoms with van der Waals surface area (Å²) in [7, 11) is 1.48. The van der Waals surface area contributed by atoms with Crippen LogP contribution >= 0.6 is 0 Å². The summed E-state index contributed by atoms with van der Waals surface area (Å²) >= 11 is 0. The summed E-state index contributed by atoms with van der Waals surface area (Å²) in [5.41, 5.74) is -0.342. The number of carboxylic acids is 1. The van der Waals surface area contributed by atoms with Crippen LogP contribution in [-0.2, 0) is 11.5 Å². The lowest BCUT2D eigenvalue weighted by atomic mass is 9.71. The van der Waals surface area contributed by atoms with E-state index in [9.17, 15) is 27.5 Å². The van der Waals surface area contributed by atoms with Gasteiger partial charge in [-0.1, -0.05) is 11.8 Å². The maximum Gasteiger partial charge on any atom is 0.303 e. The summed E-state index contributed by atoms with van der Waals surface area (Å²) in [5, 5.41) is 10.1. The zero-order chi connectivity index (χ0) is 28.9. The number of rotatable bonds is 9. The van der Waals surface area contributed by atoms with Crippen LogP contribution < -0.4 is 4.74 Å². The van der Waals surface area contributed by atoms with Crippen molar-refractivity contribution in [2.24, 2.45) is 5.41 Å². The molecule has 1 unspecified atom stereocenters. The van der Waals surface area contributed by atoms with Gasteiger partial charge in [0.1, 0.15) is 36.0 Å². The molecule has 5 nitrogen and oxygen atoms in total. The van der Waals surface area contributed by atoms with Crippen molar-refractivity contribution < 1.29 is 36.6 Å². The normalized spacial score (nSPS) is 15.8. The second-order valence-corrected chi connectivity index (χ2v) is 10.1. The van der Waals surface area contributed by atoms with E-state index in [1.54, 1.807) is 18.2 Å². The van der Waals surface area contributed by atoms with Crippen molar-refractivity contribution in [2.45, 2.75) is 45.0 Å². The largest absolute Gasteiger partial charge is 0.497 e. The summed E-state index contributed by atoms with van der Waals surface area (Å²) < 4.78 is 75.7. The van der Waals surface area contributed by atoms with Crippen LogP contribution in [0.25, 0.3) is 10.9 Å². The van der Waals surface area contributed by atoms with Crippen molar-refractivity contribution in [3.63, 3.8) is 0 Å². The Labute approximate surface area is 229 Å². The number of benzene rings is 2. The van der Waals surface area contributed by atoms with E-state index < -0.39 is 47.2 Å². The molecule has 1 aromatic heterocycles. The number of hydrogen-bond donors (Lipinski definition) is 1. The molecule has 1 aliphatic heterocycles. The van der Waals surface area contributed by atoms with Gasteiger partial charge in [-0.2, -0.15) is 0 Å². The Morgan fingerprint density at radius 3 is 2.50 bits per heavy atom. The first-order valence-electron chi connectivity index (χ1n) is 12.9. The van der Waals surface area contributed by atoms with Crippen LogP contribution in [0.5, 0.6) is 5.75 Å². The van der Waals surface area contributed by atoms with Gasteiger partial charge in [0.15, 0.2) is 0 Å². The highest BCUT2D eigenvalue weighted by Crippen LogP contribution is 2.43. The highest BCUT2D eigenvalue weighted by molar-refractivity contribution is 5.85. The fourth-order valence-electron chi connectivity index (χ4n) is 5.34. The highest BCUT2D eigenvalue weighted by Gasteiger charge is 2.37. The molecule has 0 radical (unpaired) electrons. The average molecular weight is 561 g/mol. The van der Waals surface area contributed by atoms with Gasteiger partial charge in [0.2, 0.25) is 0 Å². The predicted molar refractivity (Wildman–Crippen MR) is 140 cm³/mol. The van der Waals surface area contributed by atoms with Gasteiger partial charge in [-0.15, -0.1) is 0 Å². The molecule has 0 aliphatic carbocycles. The van der Waals surface area contributed by atoms with Gasteiger partial charge in [0.05, 0.1) is 31.2 Å². The first-order valence-corrected chi connectivity index (χ1v) is 12.9. The number of nitrogens with zero attached hydrogens (tertiary/aromatic N) is 2. The third-order valence-corrected chi connectivity index (χ3v) is 7.55. The Morgan fingerprint density at radius 2 is 1.88 bits per heavy atom. The van der Waals surface area contributed by atoms with Crippen LogP contribution in [0, 0.1) is 34.7 Å². The second-order valence-electron chi connectivity index (χ2n) is 10.1. The lowest BCUT2D eigenvalue weighted by Gasteiger charge is -2.41. The van der Waals surface area contributed by atoms with Crippen LogP contribution in [0.1, 0.15) is 55.0 Å². The van der Waals surface area contributed by atoms with Gasteiger partial charge in [-0.25, -0.2) is 22.0 Å². The number of fused-ring (bicyclic) bond motifs is 1. The van der Waals surface area contributed by atoms with Crippen molar-refractivity contribution in [2.75, 3.05) is 26.7 Å². The quantitative estimate of drug-likeness (QED) is 0.238. The Hall–Kier alpha value is -3.71. The first kappa shape index (κ1) is 29.3. The Morgan fingerprint density at radius 1 is 1.18 bits per heavy atom. The summed E-state index contributed by atoms with van der Waals surface area (Å²) in [6.07, 6.45) is 0.810. The van der Waals surface area contributed by atoms with Crippen molar-refractivity contribution in [1.29, 1.82) is 0 Å². The maximum atomic E-state index is 15.8.